The molecule has 0 unspecified atom stereocenters. The first-order chi connectivity index (χ1) is 13.4. The molecule has 3 N–H and O–H groups in total. The summed E-state index contributed by atoms with van der Waals surface area (Å²) in [6.45, 7) is 0.626. The lowest BCUT2D eigenvalue weighted by Crippen LogP contribution is -2.38. The van der Waals surface area contributed by atoms with Gasteiger partial charge in [0.05, 0.1) is 10.5 Å². The van der Waals surface area contributed by atoms with Crippen molar-refractivity contribution in [2.45, 2.75) is 55.9 Å². The summed E-state index contributed by atoms with van der Waals surface area (Å²) < 4.78 is 27.8. The van der Waals surface area contributed by atoms with Crippen LogP contribution in [-0.4, -0.2) is 39.4 Å². The number of benzene rings is 1. The van der Waals surface area contributed by atoms with Gasteiger partial charge >= 0.3 is 0 Å². The van der Waals surface area contributed by atoms with E-state index in [9.17, 15) is 18.0 Å². The van der Waals surface area contributed by atoms with Crippen molar-refractivity contribution in [2.75, 3.05) is 13.1 Å². The van der Waals surface area contributed by atoms with Crippen LogP contribution in [-0.2, 0) is 14.8 Å². The second-order valence-electron chi connectivity index (χ2n) is 7.42. The molecule has 0 aliphatic heterocycles. The molecule has 7 nitrogen and oxygen atoms in total. The molecule has 1 aromatic rings. The summed E-state index contributed by atoms with van der Waals surface area (Å²) >= 11 is 3.30. The summed E-state index contributed by atoms with van der Waals surface area (Å²) in [5.41, 5.74) is 0.247. The summed E-state index contributed by atoms with van der Waals surface area (Å²) in [5, 5.41) is 5.60. The summed E-state index contributed by atoms with van der Waals surface area (Å²) in [6.07, 6.45) is 6.93. The summed E-state index contributed by atoms with van der Waals surface area (Å²) in [4.78, 5) is 24.6. The van der Waals surface area contributed by atoms with Crippen LogP contribution in [0.5, 0.6) is 0 Å². The quantitative estimate of drug-likeness (QED) is 0.505. The van der Waals surface area contributed by atoms with E-state index >= 15 is 0 Å². The predicted octanol–water partition coefficient (Wildman–Crippen LogP) is 2.32. The number of amides is 2. The highest BCUT2D eigenvalue weighted by atomic mass is 79.9. The Morgan fingerprint density at radius 2 is 1.68 bits per heavy atom. The molecule has 0 heterocycles. The largest absolute Gasteiger partial charge is 0.354 e. The maximum atomic E-state index is 12.5. The standard InChI is InChI=1S/C19H26BrN3O4S/c20-17-9-8-15(28(26,27)23-14-6-7-14)12-16(17)19(25)22-11-10-21-18(24)13-4-2-1-3-5-13/h8-9,12-14,23H,1-7,10-11H2,(H,21,24)(H,22,25). The second-order valence-corrected chi connectivity index (χ2v) is 9.99. The fourth-order valence-electron chi connectivity index (χ4n) is 3.30. The number of nitrogens with one attached hydrogen (secondary N) is 3. The number of sulfonamides is 1. The maximum Gasteiger partial charge on any atom is 0.252 e. The van der Waals surface area contributed by atoms with Gasteiger partial charge in [-0.25, -0.2) is 13.1 Å². The van der Waals surface area contributed by atoms with Gasteiger partial charge in [0.25, 0.3) is 5.91 Å². The van der Waals surface area contributed by atoms with Gasteiger partial charge in [-0.2, -0.15) is 0 Å². The average Bonchev–Trinajstić information content (AvgIpc) is 3.49. The van der Waals surface area contributed by atoms with Crippen molar-refractivity contribution in [3.05, 3.63) is 28.2 Å². The van der Waals surface area contributed by atoms with Crippen molar-refractivity contribution in [3.63, 3.8) is 0 Å². The number of hydrogen-bond donors (Lipinski definition) is 3. The van der Waals surface area contributed by atoms with Gasteiger partial charge in [0, 0.05) is 29.5 Å². The Hall–Kier alpha value is -1.45. The van der Waals surface area contributed by atoms with Gasteiger partial charge in [-0.3, -0.25) is 9.59 Å². The minimum absolute atomic E-state index is 0.00120. The number of halogens is 1. The van der Waals surface area contributed by atoms with E-state index in [1.807, 2.05) is 0 Å². The van der Waals surface area contributed by atoms with Gasteiger partial charge in [-0.1, -0.05) is 19.3 Å². The third-order valence-corrected chi connectivity index (χ3v) is 7.29. The molecule has 0 atom stereocenters. The fraction of sp³-hybridized carbons (Fsp3) is 0.579. The van der Waals surface area contributed by atoms with Crippen LogP contribution < -0.4 is 15.4 Å². The average molecular weight is 472 g/mol. The van der Waals surface area contributed by atoms with Crippen LogP contribution >= 0.6 is 15.9 Å². The maximum absolute atomic E-state index is 12.5. The SMILES string of the molecule is O=C(NCCNC(=O)C1CCCCC1)c1cc(S(=O)(=O)NC2CC2)ccc1Br. The normalized spacial score (nSPS) is 17.9. The first kappa shape index (κ1) is 21.3. The molecule has 0 bridgehead atoms. The lowest BCUT2D eigenvalue weighted by molar-refractivity contribution is -0.125. The second kappa shape index (κ2) is 9.37. The Morgan fingerprint density at radius 3 is 2.36 bits per heavy atom. The molecule has 2 aliphatic carbocycles. The molecule has 0 spiro atoms. The Labute approximate surface area is 174 Å². The molecule has 0 saturated heterocycles. The minimum atomic E-state index is -3.63. The minimum Gasteiger partial charge on any atom is -0.354 e. The van der Waals surface area contributed by atoms with Crippen LogP contribution in [0.1, 0.15) is 55.3 Å². The van der Waals surface area contributed by atoms with Crippen molar-refractivity contribution >= 4 is 37.8 Å². The summed E-state index contributed by atoms with van der Waals surface area (Å²) in [6, 6.07) is 4.39. The first-order valence-electron chi connectivity index (χ1n) is 9.74. The van der Waals surface area contributed by atoms with Crippen LogP contribution in [0.15, 0.2) is 27.6 Å². The Kier molecular flexibility index (Phi) is 7.11. The molecule has 2 aliphatic rings. The highest BCUT2D eigenvalue weighted by Crippen LogP contribution is 2.25. The number of carbonyl (C=O) groups excluding carboxylic acids is 2. The molecule has 0 aromatic heterocycles. The zero-order chi connectivity index (χ0) is 20.1. The van der Waals surface area contributed by atoms with Crippen LogP contribution in [0.25, 0.3) is 0 Å². The smallest absolute Gasteiger partial charge is 0.252 e. The zero-order valence-corrected chi connectivity index (χ0v) is 18.1. The molecular formula is C19H26BrN3O4S. The van der Waals surface area contributed by atoms with Gasteiger partial charge < -0.3 is 10.6 Å². The van der Waals surface area contributed by atoms with E-state index < -0.39 is 10.0 Å². The zero-order valence-electron chi connectivity index (χ0n) is 15.7. The predicted molar refractivity (Wildman–Crippen MR) is 109 cm³/mol. The van der Waals surface area contributed by atoms with Gasteiger partial charge in [0.1, 0.15) is 0 Å². The van der Waals surface area contributed by atoms with Gasteiger partial charge in [-0.15, -0.1) is 0 Å². The number of hydrogen-bond acceptors (Lipinski definition) is 4. The molecule has 154 valence electrons. The third kappa shape index (κ3) is 5.78. The first-order valence-corrected chi connectivity index (χ1v) is 12.0. The Bertz CT molecular complexity index is 834. The topological polar surface area (TPSA) is 104 Å². The van der Waals surface area contributed by atoms with E-state index in [0.717, 1.165) is 38.5 Å². The van der Waals surface area contributed by atoms with Gasteiger partial charge in [0.15, 0.2) is 0 Å². The number of rotatable bonds is 8. The molecule has 9 heteroatoms. The lowest BCUT2D eigenvalue weighted by atomic mass is 9.89. The highest BCUT2D eigenvalue weighted by Gasteiger charge is 2.28. The highest BCUT2D eigenvalue weighted by molar-refractivity contribution is 9.10. The fourth-order valence-corrected chi connectivity index (χ4v) is 5.06. The Morgan fingerprint density at radius 1 is 1.00 bits per heavy atom. The van der Waals surface area contributed by atoms with E-state index in [-0.39, 0.29) is 40.8 Å². The van der Waals surface area contributed by atoms with Crippen LogP contribution in [0, 0.1) is 5.92 Å². The molecule has 2 saturated carbocycles. The van der Waals surface area contributed by atoms with Crippen molar-refractivity contribution in [3.8, 4) is 0 Å². The van der Waals surface area contributed by atoms with Crippen molar-refractivity contribution in [1.82, 2.24) is 15.4 Å². The molecule has 28 heavy (non-hydrogen) atoms. The lowest BCUT2D eigenvalue weighted by Gasteiger charge is -2.20. The van der Waals surface area contributed by atoms with Crippen molar-refractivity contribution in [1.29, 1.82) is 0 Å². The molecule has 1 aromatic carbocycles. The van der Waals surface area contributed by atoms with E-state index in [1.54, 1.807) is 6.07 Å². The van der Waals surface area contributed by atoms with Gasteiger partial charge in [0.2, 0.25) is 15.9 Å². The number of carbonyl (C=O) groups is 2. The molecule has 3 rings (SSSR count). The van der Waals surface area contributed by atoms with Crippen molar-refractivity contribution in [2.24, 2.45) is 5.92 Å². The van der Waals surface area contributed by atoms with E-state index in [2.05, 4.69) is 31.3 Å². The molecular weight excluding hydrogens is 446 g/mol. The Balaban J connectivity index is 1.52. The monoisotopic (exact) mass is 471 g/mol. The molecule has 2 fully saturated rings. The van der Waals surface area contributed by atoms with Crippen molar-refractivity contribution < 1.29 is 18.0 Å². The summed E-state index contributed by atoms with van der Waals surface area (Å²) in [5.74, 6) is -0.254. The van der Waals surface area contributed by atoms with E-state index in [1.165, 1.54) is 18.6 Å². The van der Waals surface area contributed by atoms with E-state index in [0.29, 0.717) is 11.0 Å². The summed E-state index contributed by atoms with van der Waals surface area (Å²) in [7, 11) is -3.63. The van der Waals surface area contributed by atoms with Gasteiger partial charge in [-0.05, 0) is 59.8 Å². The van der Waals surface area contributed by atoms with Crippen LogP contribution in [0.3, 0.4) is 0 Å². The van der Waals surface area contributed by atoms with Crippen LogP contribution in [0.2, 0.25) is 0 Å². The van der Waals surface area contributed by atoms with Crippen LogP contribution in [0.4, 0.5) is 0 Å². The molecule has 0 radical (unpaired) electrons. The third-order valence-electron chi connectivity index (χ3n) is 5.08. The van der Waals surface area contributed by atoms with E-state index in [4.69, 9.17) is 0 Å². The molecule has 2 amide bonds.